The summed E-state index contributed by atoms with van der Waals surface area (Å²) in [5.74, 6) is -0.498. The number of carbonyl (C=O) groups is 2. The summed E-state index contributed by atoms with van der Waals surface area (Å²) in [6, 6.07) is 22.5. The molecule has 0 unspecified atom stereocenters. The summed E-state index contributed by atoms with van der Waals surface area (Å²) >= 11 is 12.4. The monoisotopic (exact) mass is 487 g/mol. The first kappa shape index (κ1) is 22.3. The molecule has 0 N–H and O–H groups in total. The maximum Gasteiger partial charge on any atom is 0.343 e. The van der Waals surface area contributed by atoms with Gasteiger partial charge in [0.05, 0.1) is 27.0 Å². The van der Waals surface area contributed by atoms with Crippen LogP contribution >= 0.6 is 23.2 Å². The van der Waals surface area contributed by atoms with Gasteiger partial charge < -0.3 is 4.74 Å². The van der Waals surface area contributed by atoms with Gasteiger partial charge in [0.15, 0.2) is 0 Å². The van der Waals surface area contributed by atoms with E-state index in [2.05, 4.69) is 4.99 Å². The Kier molecular flexibility index (Phi) is 5.51. The molecule has 168 valence electrons. The molecule has 5 rings (SSSR count). The summed E-state index contributed by atoms with van der Waals surface area (Å²) < 4.78 is 5.67. The Balaban J connectivity index is 1.44. The van der Waals surface area contributed by atoms with Gasteiger partial charge in [-0.1, -0.05) is 79.5 Å². The molecule has 0 bridgehead atoms. The molecule has 0 saturated heterocycles. The zero-order valence-electron chi connectivity index (χ0n) is 18.4. The van der Waals surface area contributed by atoms with Crippen molar-refractivity contribution in [2.24, 2.45) is 4.99 Å². The van der Waals surface area contributed by atoms with Gasteiger partial charge in [-0.25, -0.2) is 9.79 Å². The van der Waals surface area contributed by atoms with E-state index >= 15 is 0 Å². The molecule has 1 aliphatic carbocycles. The van der Waals surface area contributed by atoms with Gasteiger partial charge in [0.25, 0.3) is 0 Å². The Morgan fingerprint density at radius 1 is 0.912 bits per heavy atom. The first-order valence-corrected chi connectivity index (χ1v) is 11.4. The van der Waals surface area contributed by atoms with Crippen LogP contribution in [0, 0.1) is 0 Å². The number of esters is 1. The van der Waals surface area contributed by atoms with E-state index in [9.17, 15) is 9.59 Å². The predicted octanol–water partition coefficient (Wildman–Crippen LogP) is 7.13. The van der Waals surface area contributed by atoms with E-state index in [1.165, 1.54) is 0 Å². The maximum absolute atomic E-state index is 12.8. The van der Waals surface area contributed by atoms with Gasteiger partial charge in [-0.3, -0.25) is 4.79 Å². The molecule has 0 atom stereocenters. The van der Waals surface area contributed by atoms with Crippen molar-refractivity contribution < 1.29 is 14.3 Å². The van der Waals surface area contributed by atoms with Crippen molar-refractivity contribution >= 4 is 46.4 Å². The number of nitrogens with zero attached hydrogens (tertiary/aromatic N) is 1. The second-order valence-electron chi connectivity index (χ2n) is 8.64. The van der Waals surface area contributed by atoms with E-state index in [0.29, 0.717) is 28.3 Å². The molecule has 0 fully saturated rings. The third-order valence-electron chi connectivity index (χ3n) is 6.10. The predicted molar refractivity (Wildman–Crippen MR) is 135 cm³/mol. The Morgan fingerprint density at radius 3 is 2.29 bits per heavy atom. The second-order valence-corrected chi connectivity index (χ2v) is 9.43. The number of ketones is 1. The van der Waals surface area contributed by atoms with E-state index in [0.717, 1.165) is 16.7 Å². The summed E-state index contributed by atoms with van der Waals surface area (Å²) in [7, 11) is 0. The van der Waals surface area contributed by atoms with Crippen LogP contribution in [0.3, 0.4) is 0 Å². The average molecular weight is 488 g/mol. The number of hydrogen-bond acceptors (Lipinski definition) is 4. The molecular weight excluding hydrogens is 469 g/mol. The van der Waals surface area contributed by atoms with E-state index in [1.807, 2.05) is 56.3 Å². The van der Waals surface area contributed by atoms with Crippen LogP contribution in [0.1, 0.15) is 29.8 Å². The van der Waals surface area contributed by atoms with Crippen molar-refractivity contribution in [2.45, 2.75) is 19.3 Å². The van der Waals surface area contributed by atoms with Crippen LogP contribution in [0.2, 0.25) is 0 Å². The lowest BCUT2D eigenvalue weighted by Gasteiger charge is -2.36. The van der Waals surface area contributed by atoms with Crippen LogP contribution < -0.4 is 4.74 Å². The highest BCUT2D eigenvalue weighted by Gasteiger charge is 2.40. The lowest BCUT2D eigenvalue weighted by molar-refractivity contribution is -0.111. The number of allylic oxidation sites excluding steroid dienone is 4. The third-order valence-corrected chi connectivity index (χ3v) is 6.74. The molecule has 1 aliphatic heterocycles. The second kappa shape index (κ2) is 8.39. The first-order valence-electron chi connectivity index (χ1n) is 10.7. The smallest absolute Gasteiger partial charge is 0.343 e. The number of Topliss-reactive ketones (excluding diaryl/α,β-unsaturated/α-hetero) is 1. The zero-order valence-corrected chi connectivity index (χ0v) is 19.9. The van der Waals surface area contributed by atoms with Gasteiger partial charge in [0.2, 0.25) is 5.78 Å². The number of benzene rings is 3. The molecule has 3 aromatic carbocycles. The fourth-order valence-corrected chi connectivity index (χ4v) is 4.99. The van der Waals surface area contributed by atoms with E-state index < -0.39 is 17.2 Å². The normalized spacial score (nSPS) is 16.3. The van der Waals surface area contributed by atoms with Gasteiger partial charge in [0, 0.05) is 11.0 Å². The summed E-state index contributed by atoms with van der Waals surface area (Å²) in [6.07, 6.45) is 1.54. The highest BCUT2D eigenvalue weighted by molar-refractivity contribution is 6.58. The molecule has 1 heterocycles. The number of hydrogen-bond donors (Lipinski definition) is 0. The van der Waals surface area contributed by atoms with E-state index in [1.54, 1.807) is 36.4 Å². The van der Waals surface area contributed by atoms with Crippen LogP contribution in [-0.2, 0) is 10.2 Å². The van der Waals surface area contributed by atoms with E-state index in [4.69, 9.17) is 27.9 Å². The molecule has 2 aliphatic rings. The Bertz CT molecular complexity index is 1430. The number of fused-ring (bicyclic) bond motifs is 2. The number of rotatable bonds is 3. The van der Waals surface area contributed by atoms with Crippen molar-refractivity contribution in [2.75, 3.05) is 0 Å². The molecule has 6 heteroatoms. The molecule has 0 radical (unpaired) electrons. The molecule has 0 saturated carbocycles. The van der Waals surface area contributed by atoms with Crippen molar-refractivity contribution in [3.05, 3.63) is 106 Å². The SMILES string of the molecule is CC1(C)C2=C(Cl)C(=O)C(Cl)=CC2=Nc2ccc(OC(=O)c3ccc(-c4ccccc4)cc3)cc21. The fourth-order valence-electron chi connectivity index (χ4n) is 4.31. The molecule has 4 nitrogen and oxygen atoms in total. The van der Waals surface area contributed by atoms with Crippen LogP contribution in [0.4, 0.5) is 5.69 Å². The molecule has 0 spiro atoms. The standard InChI is InChI=1S/C28H19Cl2NO3/c1-28(2)20-14-19(12-13-22(20)31-23-15-21(29)26(32)25(30)24(23)28)34-27(33)18-10-8-17(9-11-18)16-6-4-3-5-7-16/h3-15H,1-2H3. The van der Waals surface area contributed by atoms with Crippen molar-refractivity contribution in [1.29, 1.82) is 0 Å². The zero-order chi connectivity index (χ0) is 24.0. The lowest BCUT2D eigenvalue weighted by Crippen LogP contribution is -2.32. The van der Waals surface area contributed by atoms with E-state index in [-0.39, 0.29) is 10.1 Å². The number of ether oxygens (including phenoxy) is 1. The van der Waals surface area contributed by atoms with Gasteiger partial charge in [-0.05, 0) is 53.1 Å². The summed E-state index contributed by atoms with van der Waals surface area (Å²) in [6.45, 7) is 3.90. The Labute approximate surface area is 207 Å². The van der Waals surface area contributed by atoms with Gasteiger partial charge >= 0.3 is 5.97 Å². The van der Waals surface area contributed by atoms with Crippen molar-refractivity contribution in [1.82, 2.24) is 0 Å². The number of carbonyl (C=O) groups excluding carboxylic acids is 2. The minimum atomic E-state index is -0.646. The quantitative estimate of drug-likeness (QED) is 0.224. The molecule has 0 aromatic heterocycles. The summed E-state index contributed by atoms with van der Waals surface area (Å²) in [4.78, 5) is 29.8. The van der Waals surface area contributed by atoms with Gasteiger partial charge in [0.1, 0.15) is 5.75 Å². The molecule has 34 heavy (non-hydrogen) atoms. The molecular formula is C28H19Cl2NO3. The van der Waals surface area contributed by atoms with Crippen LogP contribution in [0.5, 0.6) is 5.75 Å². The average Bonchev–Trinajstić information content (AvgIpc) is 2.83. The topological polar surface area (TPSA) is 55.7 Å². The van der Waals surface area contributed by atoms with Crippen LogP contribution in [-0.4, -0.2) is 17.5 Å². The lowest BCUT2D eigenvalue weighted by atomic mass is 9.71. The summed E-state index contributed by atoms with van der Waals surface area (Å²) in [5.41, 5.74) is 4.56. The summed E-state index contributed by atoms with van der Waals surface area (Å²) in [5, 5.41) is 0.0957. The first-order chi connectivity index (χ1) is 16.3. The fraction of sp³-hybridized carbons (Fsp3) is 0.107. The minimum Gasteiger partial charge on any atom is -0.423 e. The highest BCUT2D eigenvalue weighted by atomic mass is 35.5. The van der Waals surface area contributed by atoms with Crippen LogP contribution in [0.25, 0.3) is 11.1 Å². The van der Waals surface area contributed by atoms with Gasteiger partial charge in [-0.2, -0.15) is 0 Å². The highest BCUT2D eigenvalue weighted by Crippen LogP contribution is 2.47. The van der Waals surface area contributed by atoms with Crippen LogP contribution in [0.15, 0.2) is 99.5 Å². The third kappa shape index (κ3) is 3.79. The van der Waals surface area contributed by atoms with Crippen molar-refractivity contribution in [3.63, 3.8) is 0 Å². The van der Waals surface area contributed by atoms with Gasteiger partial charge in [-0.15, -0.1) is 0 Å². The Hall–Kier alpha value is -3.47. The maximum atomic E-state index is 12.8. The minimum absolute atomic E-state index is 0.0376. The Morgan fingerprint density at radius 2 is 1.59 bits per heavy atom. The number of halogens is 2. The number of aliphatic imine (C=N–C) groups is 1. The van der Waals surface area contributed by atoms with Crippen molar-refractivity contribution in [3.8, 4) is 16.9 Å². The molecule has 3 aromatic rings. The molecule has 0 amide bonds. The largest absolute Gasteiger partial charge is 0.423 e.